The highest BCUT2D eigenvalue weighted by atomic mass is 16.1. The first kappa shape index (κ1) is 21.3. The quantitative estimate of drug-likeness (QED) is 0.409. The maximum absolute atomic E-state index is 11.8. The van der Waals surface area contributed by atoms with Gasteiger partial charge < -0.3 is 11.1 Å². The molecule has 0 saturated heterocycles. The van der Waals surface area contributed by atoms with E-state index in [2.05, 4.69) is 72.9 Å². The van der Waals surface area contributed by atoms with E-state index in [9.17, 15) is 4.79 Å². The van der Waals surface area contributed by atoms with Crippen LogP contribution in [0.1, 0.15) is 35.6 Å². The largest absolute Gasteiger partial charge is 0.351 e. The summed E-state index contributed by atoms with van der Waals surface area (Å²) in [7, 11) is 0. The van der Waals surface area contributed by atoms with Crippen molar-refractivity contribution in [1.29, 1.82) is 0 Å². The van der Waals surface area contributed by atoms with Crippen molar-refractivity contribution < 1.29 is 4.79 Å². The molecule has 0 unspecified atom stereocenters. The van der Waals surface area contributed by atoms with Gasteiger partial charge in [0, 0.05) is 19.2 Å². The van der Waals surface area contributed by atoms with Gasteiger partial charge >= 0.3 is 0 Å². The van der Waals surface area contributed by atoms with Gasteiger partial charge in [-0.2, -0.15) is 0 Å². The topological polar surface area (TPSA) is 55.1 Å². The molecule has 0 atom stereocenters. The molecule has 3 heteroatoms. The van der Waals surface area contributed by atoms with Gasteiger partial charge in [0.25, 0.3) is 0 Å². The predicted octanol–water partition coefficient (Wildman–Crippen LogP) is 5.14. The van der Waals surface area contributed by atoms with E-state index in [0.717, 1.165) is 17.5 Å². The second-order valence-corrected chi connectivity index (χ2v) is 6.97. The van der Waals surface area contributed by atoms with Crippen molar-refractivity contribution in [3.63, 3.8) is 0 Å². The van der Waals surface area contributed by atoms with E-state index in [1.165, 1.54) is 22.3 Å². The maximum atomic E-state index is 11.8. The van der Waals surface area contributed by atoms with Gasteiger partial charge in [-0.25, -0.2) is 0 Å². The lowest BCUT2D eigenvalue weighted by Crippen LogP contribution is -2.27. The highest BCUT2D eigenvalue weighted by Gasteiger charge is 2.12. The van der Waals surface area contributed by atoms with Crippen LogP contribution in [-0.4, -0.2) is 19.0 Å². The minimum Gasteiger partial charge on any atom is -0.351 e. The van der Waals surface area contributed by atoms with E-state index in [0.29, 0.717) is 13.1 Å². The van der Waals surface area contributed by atoms with Crippen molar-refractivity contribution in [1.82, 2.24) is 5.32 Å². The van der Waals surface area contributed by atoms with Gasteiger partial charge in [-0.05, 0) is 45.9 Å². The van der Waals surface area contributed by atoms with Crippen molar-refractivity contribution in [2.45, 2.75) is 13.3 Å². The van der Waals surface area contributed by atoms with Crippen LogP contribution in [0.4, 0.5) is 0 Å². The number of carbonyl (C=O) groups is 1. The number of carbonyl (C=O) groups excluding carboxylic acids is 1. The van der Waals surface area contributed by atoms with Crippen LogP contribution in [0.25, 0.3) is 17.2 Å². The Morgan fingerprint density at radius 2 is 1.40 bits per heavy atom. The average Bonchev–Trinajstić information content (AvgIpc) is 2.81. The molecule has 1 amide bonds. The van der Waals surface area contributed by atoms with Crippen LogP contribution in [0, 0.1) is 0 Å². The van der Waals surface area contributed by atoms with E-state index < -0.39 is 0 Å². The van der Waals surface area contributed by atoms with Crippen LogP contribution in [-0.2, 0) is 4.79 Å². The Morgan fingerprint density at radius 1 is 0.833 bits per heavy atom. The minimum absolute atomic E-state index is 0.133. The van der Waals surface area contributed by atoms with Gasteiger partial charge in [0.15, 0.2) is 0 Å². The smallest absolute Gasteiger partial charge is 0.244 e. The zero-order valence-electron chi connectivity index (χ0n) is 17.3. The van der Waals surface area contributed by atoms with E-state index in [-0.39, 0.29) is 5.91 Å². The monoisotopic (exact) mass is 396 g/mol. The molecule has 0 aliphatic heterocycles. The van der Waals surface area contributed by atoms with Gasteiger partial charge in [-0.15, -0.1) is 0 Å². The first-order valence-electron chi connectivity index (χ1n) is 10.3. The van der Waals surface area contributed by atoms with Gasteiger partial charge in [0.2, 0.25) is 5.91 Å². The lowest BCUT2D eigenvalue weighted by molar-refractivity contribution is -0.116. The molecule has 0 bridgehead atoms. The molecule has 3 nitrogen and oxygen atoms in total. The Bertz CT molecular complexity index is 1000. The van der Waals surface area contributed by atoms with Crippen molar-refractivity contribution in [3.8, 4) is 0 Å². The average molecular weight is 397 g/mol. The van der Waals surface area contributed by atoms with Gasteiger partial charge in [-0.3, -0.25) is 4.79 Å². The van der Waals surface area contributed by atoms with E-state index in [4.69, 9.17) is 5.73 Å². The summed E-state index contributed by atoms with van der Waals surface area (Å²) in [6, 6.07) is 29.4. The summed E-state index contributed by atoms with van der Waals surface area (Å²) in [5, 5.41) is 2.74. The molecule has 3 N–H and O–H groups in total. The predicted molar refractivity (Wildman–Crippen MR) is 127 cm³/mol. The molecule has 3 aromatic rings. The van der Waals surface area contributed by atoms with Crippen molar-refractivity contribution in [2.75, 3.05) is 13.1 Å². The SMILES string of the molecule is CC/C(=C(\c1ccccc1)c1ccc(/C=C/C(=O)NCCN)cc1)c1ccccc1. The summed E-state index contributed by atoms with van der Waals surface area (Å²) in [6.45, 7) is 3.11. The molecule has 0 aromatic heterocycles. The Hall–Kier alpha value is -3.43. The van der Waals surface area contributed by atoms with Gasteiger partial charge in [-0.1, -0.05) is 91.9 Å². The van der Waals surface area contributed by atoms with E-state index >= 15 is 0 Å². The molecule has 0 saturated carbocycles. The number of rotatable bonds is 8. The van der Waals surface area contributed by atoms with Gasteiger partial charge in [0.1, 0.15) is 0 Å². The number of nitrogens with one attached hydrogen (secondary N) is 1. The zero-order chi connectivity index (χ0) is 21.2. The third-order valence-corrected chi connectivity index (χ3v) is 4.91. The summed E-state index contributed by atoms with van der Waals surface area (Å²) < 4.78 is 0. The Kier molecular flexibility index (Phi) is 7.76. The van der Waals surface area contributed by atoms with Crippen LogP contribution < -0.4 is 11.1 Å². The molecular formula is C27H28N2O. The zero-order valence-corrected chi connectivity index (χ0v) is 17.3. The third kappa shape index (κ3) is 5.56. The second-order valence-electron chi connectivity index (χ2n) is 6.97. The molecule has 3 rings (SSSR count). The fraction of sp³-hybridized carbons (Fsp3) is 0.148. The Labute approximate surface area is 179 Å². The number of amides is 1. The van der Waals surface area contributed by atoms with Crippen molar-refractivity contribution in [3.05, 3.63) is 113 Å². The molecule has 3 aromatic carbocycles. The summed E-state index contributed by atoms with van der Waals surface area (Å²) >= 11 is 0. The van der Waals surface area contributed by atoms with Gasteiger partial charge in [0.05, 0.1) is 0 Å². The third-order valence-electron chi connectivity index (χ3n) is 4.91. The normalized spacial score (nSPS) is 11.9. The maximum Gasteiger partial charge on any atom is 0.244 e. The fourth-order valence-electron chi connectivity index (χ4n) is 3.47. The lowest BCUT2D eigenvalue weighted by atomic mass is 9.88. The molecule has 0 fully saturated rings. The molecule has 0 spiro atoms. The highest BCUT2D eigenvalue weighted by molar-refractivity contribution is 5.98. The van der Waals surface area contributed by atoms with E-state index in [1.54, 1.807) is 6.08 Å². The first-order chi connectivity index (χ1) is 14.7. The number of benzene rings is 3. The summed E-state index contributed by atoms with van der Waals surface area (Å²) in [4.78, 5) is 11.8. The number of hydrogen-bond donors (Lipinski definition) is 2. The van der Waals surface area contributed by atoms with Crippen LogP contribution in [0.3, 0.4) is 0 Å². The molecule has 30 heavy (non-hydrogen) atoms. The number of hydrogen-bond acceptors (Lipinski definition) is 2. The first-order valence-corrected chi connectivity index (χ1v) is 10.3. The molecule has 0 radical (unpaired) electrons. The number of allylic oxidation sites excluding steroid dienone is 1. The summed E-state index contributed by atoms with van der Waals surface area (Å²) in [6.07, 6.45) is 4.29. The highest BCUT2D eigenvalue weighted by Crippen LogP contribution is 2.34. The van der Waals surface area contributed by atoms with Crippen LogP contribution in [0.15, 0.2) is 91.0 Å². The van der Waals surface area contributed by atoms with Crippen LogP contribution in [0.5, 0.6) is 0 Å². The number of nitrogens with two attached hydrogens (primary N) is 1. The Morgan fingerprint density at radius 3 is 1.97 bits per heavy atom. The fourth-order valence-corrected chi connectivity index (χ4v) is 3.47. The standard InChI is InChI=1S/C27H28N2O/c1-2-25(22-9-5-3-6-10-22)27(23-11-7-4-8-12-23)24-16-13-21(14-17-24)15-18-26(30)29-20-19-28/h3-18H,2,19-20,28H2,1H3,(H,29,30)/b18-15+,27-25-. The summed E-state index contributed by atoms with van der Waals surface area (Å²) in [5.41, 5.74) is 12.5. The molecular weight excluding hydrogens is 368 g/mol. The summed E-state index contributed by atoms with van der Waals surface area (Å²) in [5.74, 6) is -0.133. The molecule has 0 aliphatic rings. The van der Waals surface area contributed by atoms with Crippen LogP contribution in [0.2, 0.25) is 0 Å². The van der Waals surface area contributed by atoms with Crippen molar-refractivity contribution in [2.24, 2.45) is 5.73 Å². The van der Waals surface area contributed by atoms with E-state index in [1.807, 2.05) is 30.3 Å². The second kappa shape index (κ2) is 10.9. The molecule has 0 aliphatic carbocycles. The van der Waals surface area contributed by atoms with Crippen LogP contribution >= 0.6 is 0 Å². The molecule has 0 heterocycles. The lowest BCUT2D eigenvalue weighted by Gasteiger charge is -2.16. The minimum atomic E-state index is -0.133. The Balaban J connectivity index is 1.98. The molecule has 152 valence electrons. The van der Waals surface area contributed by atoms with Crippen molar-refractivity contribution >= 4 is 23.1 Å².